The van der Waals surface area contributed by atoms with Crippen LogP contribution in [0.1, 0.15) is 10.6 Å². The summed E-state index contributed by atoms with van der Waals surface area (Å²) in [6.45, 7) is 0.250. The summed E-state index contributed by atoms with van der Waals surface area (Å²) in [7, 11) is 0. The standard InChI is InChI=1S/C12H10N4O2/c17-12(11-6-3-7-18-11)13-8-16-10-5-2-1-4-9(10)14-15-16/h1-7H,8H2,(H,13,17). The Morgan fingerprint density at radius 1 is 1.28 bits per heavy atom. The van der Waals surface area contributed by atoms with Gasteiger partial charge in [-0.3, -0.25) is 4.79 Å². The monoisotopic (exact) mass is 242 g/mol. The number of carbonyl (C=O) groups excluding carboxylic acids is 1. The molecule has 0 saturated heterocycles. The van der Waals surface area contributed by atoms with E-state index in [0.717, 1.165) is 11.0 Å². The van der Waals surface area contributed by atoms with E-state index >= 15 is 0 Å². The lowest BCUT2D eigenvalue weighted by Gasteiger charge is -2.03. The van der Waals surface area contributed by atoms with Gasteiger partial charge in [0.15, 0.2) is 5.76 Å². The predicted octanol–water partition coefficient (Wildman–Crippen LogP) is 1.41. The highest BCUT2D eigenvalue weighted by atomic mass is 16.3. The van der Waals surface area contributed by atoms with Crippen molar-refractivity contribution < 1.29 is 9.21 Å². The summed E-state index contributed by atoms with van der Waals surface area (Å²) in [5.41, 5.74) is 1.67. The lowest BCUT2D eigenvalue weighted by Crippen LogP contribution is -2.26. The maximum Gasteiger partial charge on any atom is 0.288 e. The molecule has 3 rings (SSSR count). The molecule has 0 spiro atoms. The molecule has 0 aliphatic carbocycles. The Hall–Kier alpha value is -2.63. The van der Waals surface area contributed by atoms with Crippen LogP contribution in [0.4, 0.5) is 0 Å². The number of rotatable bonds is 3. The molecule has 18 heavy (non-hydrogen) atoms. The van der Waals surface area contributed by atoms with Crippen molar-refractivity contribution >= 4 is 16.9 Å². The molecule has 0 aliphatic heterocycles. The van der Waals surface area contributed by atoms with Gasteiger partial charge in [0.1, 0.15) is 12.2 Å². The Kier molecular flexibility index (Phi) is 2.53. The molecule has 1 aromatic carbocycles. The molecule has 2 heterocycles. The lowest BCUT2D eigenvalue weighted by atomic mass is 10.3. The average Bonchev–Trinajstić information content (AvgIpc) is 3.06. The summed E-state index contributed by atoms with van der Waals surface area (Å²) in [5.74, 6) is -0.000924. The van der Waals surface area contributed by atoms with Crippen LogP contribution in [0.25, 0.3) is 11.0 Å². The van der Waals surface area contributed by atoms with E-state index in [0.29, 0.717) is 0 Å². The van der Waals surface area contributed by atoms with Crippen LogP contribution in [0.15, 0.2) is 47.1 Å². The van der Waals surface area contributed by atoms with E-state index in [1.54, 1.807) is 16.8 Å². The minimum absolute atomic E-state index is 0.250. The number of aromatic nitrogens is 3. The zero-order valence-corrected chi connectivity index (χ0v) is 9.41. The molecular formula is C12H10N4O2. The van der Waals surface area contributed by atoms with Gasteiger partial charge in [-0.15, -0.1) is 5.10 Å². The smallest absolute Gasteiger partial charge is 0.288 e. The summed E-state index contributed by atoms with van der Waals surface area (Å²) in [5, 5.41) is 10.7. The molecule has 1 N–H and O–H groups in total. The predicted molar refractivity (Wildman–Crippen MR) is 63.7 cm³/mol. The molecule has 6 nitrogen and oxygen atoms in total. The van der Waals surface area contributed by atoms with Gasteiger partial charge in [0.05, 0.1) is 11.8 Å². The second-order valence-electron chi connectivity index (χ2n) is 3.72. The second-order valence-corrected chi connectivity index (χ2v) is 3.72. The number of nitrogens with one attached hydrogen (secondary N) is 1. The van der Waals surface area contributed by atoms with E-state index < -0.39 is 0 Å². The molecule has 0 unspecified atom stereocenters. The first-order valence-corrected chi connectivity index (χ1v) is 5.44. The third kappa shape index (κ3) is 1.84. The van der Waals surface area contributed by atoms with Crippen LogP contribution < -0.4 is 5.32 Å². The zero-order chi connectivity index (χ0) is 12.4. The van der Waals surface area contributed by atoms with E-state index in [1.165, 1.54) is 6.26 Å². The largest absolute Gasteiger partial charge is 0.459 e. The molecule has 1 amide bonds. The Morgan fingerprint density at radius 2 is 2.17 bits per heavy atom. The summed E-state index contributed by atoms with van der Waals surface area (Å²) in [4.78, 5) is 11.7. The number of furan rings is 1. The first kappa shape index (κ1) is 10.5. The van der Waals surface area contributed by atoms with Crippen molar-refractivity contribution in [3.63, 3.8) is 0 Å². The summed E-state index contributed by atoms with van der Waals surface area (Å²) in [6, 6.07) is 10.8. The van der Waals surface area contributed by atoms with Gasteiger partial charge in [0.2, 0.25) is 0 Å². The Balaban J connectivity index is 1.76. The molecule has 90 valence electrons. The molecule has 6 heteroatoms. The average molecular weight is 242 g/mol. The van der Waals surface area contributed by atoms with Crippen LogP contribution in [0, 0.1) is 0 Å². The Morgan fingerprint density at radius 3 is 3.00 bits per heavy atom. The maximum absolute atomic E-state index is 11.7. The molecule has 0 saturated carbocycles. The number of fused-ring (bicyclic) bond motifs is 1. The van der Waals surface area contributed by atoms with Gasteiger partial charge >= 0.3 is 0 Å². The van der Waals surface area contributed by atoms with Crippen molar-refractivity contribution in [2.75, 3.05) is 0 Å². The van der Waals surface area contributed by atoms with E-state index in [4.69, 9.17) is 4.42 Å². The van der Waals surface area contributed by atoms with E-state index in [9.17, 15) is 4.79 Å². The molecular weight excluding hydrogens is 232 g/mol. The SMILES string of the molecule is O=C(NCn1nnc2ccccc21)c1ccco1. The Bertz CT molecular complexity index is 672. The highest BCUT2D eigenvalue weighted by molar-refractivity contribution is 5.91. The van der Waals surface area contributed by atoms with Crippen LogP contribution >= 0.6 is 0 Å². The molecule has 0 aliphatic rings. The first-order valence-electron chi connectivity index (χ1n) is 5.44. The third-order valence-corrected chi connectivity index (χ3v) is 2.55. The molecule has 0 radical (unpaired) electrons. The van der Waals surface area contributed by atoms with Crippen LogP contribution in [0.3, 0.4) is 0 Å². The fraction of sp³-hybridized carbons (Fsp3) is 0.0833. The number of benzene rings is 1. The number of carbonyl (C=O) groups is 1. The zero-order valence-electron chi connectivity index (χ0n) is 9.41. The van der Waals surface area contributed by atoms with Crippen molar-refractivity contribution in [2.45, 2.75) is 6.67 Å². The van der Waals surface area contributed by atoms with Crippen LogP contribution in [-0.4, -0.2) is 20.9 Å². The van der Waals surface area contributed by atoms with Gasteiger partial charge in [0, 0.05) is 0 Å². The summed E-state index contributed by atoms with van der Waals surface area (Å²) in [6.07, 6.45) is 1.46. The third-order valence-electron chi connectivity index (χ3n) is 2.55. The number of amides is 1. The van der Waals surface area contributed by atoms with Gasteiger partial charge < -0.3 is 9.73 Å². The lowest BCUT2D eigenvalue weighted by molar-refractivity contribution is 0.0912. The molecule has 2 aromatic heterocycles. The van der Waals surface area contributed by atoms with Gasteiger partial charge in [0.25, 0.3) is 5.91 Å². The van der Waals surface area contributed by atoms with E-state index in [-0.39, 0.29) is 18.3 Å². The van der Waals surface area contributed by atoms with Gasteiger partial charge in [-0.1, -0.05) is 17.3 Å². The minimum Gasteiger partial charge on any atom is -0.459 e. The van der Waals surface area contributed by atoms with Crippen LogP contribution in [0.5, 0.6) is 0 Å². The van der Waals surface area contributed by atoms with E-state index in [1.807, 2.05) is 24.3 Å². The number of hydrogen-bond acceptors (Lipinski definition) is 4. The minimum atomic E-state index is -0.278. The number of hydrogen-bond donors (Lipinski definition) is 1. The second kappa shape index (κ2) is 4.33. The maximum atomic E-state index is 11.7. The molecule has 0 bridgehead atoms. The quantitative estimate of drug-likeness (QED) is 0.753. The number of nitrogens with zero attached hydrogens (tertiary/aromatic N) is 3. The molecule has 0 atom stereocenters. The first-order chi connectivity index (χ1) is 8.84. The van der Waals surface area contributed by atoms with Crippen LogP contribution in [-0.2, 0) is 6.67 Å². The van der Waals surface area contributed by atoms with Crippen molar-refractivity contribution in [3.8, 4) is 0 Å². The highest BCUT2D eigenvalue weighted by Gasteiger charge is 2.09. The fourth-order valence-corrected chi connectivity index (χ4v) is 1.68. The van der Waals surface area contributed by atoms with E-state index in [2.05, 4.69) is 15.6 Å². The normalized spacial score (nSPS) is 10.7. The van der Waals surface area contributed by atoms with Crippen molar-refractivity contribution in [2.24, 2.45) is 0 Å². The molecule has 0 fully saturated rings. The van der Waals surface area contributed by atoms with Gasteiger partial charge in [-0.05, 0) is 24.3 Å². The summed E-state index contributed by atoms with van der Waals surface area (Å²) >= 11 is 0. The van der Waals surface area contributed by atoms with Crippen molar-refractivity contribution in [1.29, 1.82) is 0 Å². The van der Waals surface area contributed by atoms with Crippen molar-refractivity contribution in [3.05, 3.63) is 48.4 Å². The van der Waals surface area contributed by atoms with Gasteiger partial charge in [-0.25, -0.2) is 4.68 Å². The van der Waals surface area contributed by atoms with Gasteiger partial charge in [-0.2, -0.15) is 0 Å². The molecule has 3 aromatic rings. The summed E-state index contributed by atoms with van der Waals surface area (Å²) < 4.78 is 6.62. The van der Waals surface area contributed by atoms with Crippen LogP contribution in [0.2, 0.25) is 0 Å². The Labute approximate surface area is 102 Å². The highest BCUT2D eigenvalue weighted by Crippen LogP contribution is 2.08. The fourth-order valence-electron chi connectivity index (χ4n) is 1.68. The topological polar surface area (TPSA) is 73.0 Å². The van der Waals surface area contributed by atoms with Crippen molar-refractivity contribution in [1.82, 2.24) is 20.3 Å². The number of para-hydroxylation sites is 1.